The Morgan fingerprint density at radius 1 is 1.04 bits per heavy atom. The zero-order valence-corrected chi connectivity index (χ0v) is 15.8. The van der Waals surface area contributed by atoms with Crippen LogP contribution in [0.25, 0.3) is 0 Å². The Morgan fingerprint density at radius 3 is 2.32 bits per heavy atom. The van der Waals surface area contributed by atoms with Crippen LogP contribution in [0.3, 0.4) is 0 Å². The maximum Gasteiger partial charge on any atom is 0.114 e. The number of aliphatic hydroxyl groups excluding tert-OH is 3. The van der Waals surface area contributed by atoms with Crippen molar-refractivity contribution in [2.75, 3.05) is 19.8 Å². The van der Waals surface area contributed by atoms with E-state index in [0.717, 1.165) is 25.7 Å². The number of aliphatic hydroxyl groups is 3. The zero-order valence-electron chi connectivity index (χ0n) is 15.8. The van der Waals surface area contributed by atoms with Crippen LogP contribution in [0.4, 0.5) is 0 Å². The van der Waals surface area contributed by atoms with Crippen LogP contribution in [0, 0.1) is 0 Å². The second-order valence-electron chi connectivity index (χ2n) is 6.97. The molecule has 1 rings (SSSR count). The van der Waals surface area contributed by atoms with Gasteiger partial charge in [-0.2, -0.15) is 0 Å². The summed E-state index contributed by atoms with van der Waals surface area (Å²) >= 11 is 0. The summed E-state index contributed by atoms with van der Waals surface area (Å²) in [6.45, 7) is 2.55. The molecule has 0 unspecified atom stereocenters. The van der Waals surface area contributed by atoms with Crippen LogP contribution in [0.15, 0.2) is 12.2 Å². The fourth-order valence-electron chi connectivity index (χ4n) is 3.12. The van der Waals surface area contributed by atoms with Crippen LogP contribution < -0.4 is 0 Å². The van der Waals surface area contributed by atoms with Crippen molar-refractivity contribution in [1.82, 2.24) is 0 Å². The first-order valence-corrected chi connectivity index (χ1v) is 10.1. The van der Waals surface area contributed by atoms with E-state index >= 15 is 0 Å². The fourth-order valence-corrected chi connectivity index (χ4v) is 3.12. The molecule has 5 nitrogen and oxygen atoms in total. The largest absolute Gasteiger partial charge is 0.394 e. The molecule has 0 amide bonds. The normalized spacial score (nSPS) is 25.0. The summed E-state index contributed by atoms with van der Waals surface area (Å²) in [7, 11) is 0. The van der Waals surface area contributed by atoms with Gasteiger partial charge >= 0.3 is 0 Å². The molecule has 4 atom stereocenters. The SMILES string of the molecule is CCCCCCC/C=C/CCCCCO[C@@H]1[C@H]([C@@H](O)CO)OC[C@H]1O. The van der Waals surface area contributed by atoms with Crippen molar-refractivity contribution in [3.05, 3.63) is 12.2 Å². The quantitative estimate of drug-likeness (QED) is 0.310. The third-order valence-electron chi connectivity index (χ3n) is 4.70. The Morgan fingerprint density at radius 2 is 1.68 bits per heavy atom. The molecule has 0 radical (unpaired) electrons. The lowest BCUT2D eigenvalue weighted by molar-refractivity contribution is -0.0937. The highest BCUT2D eigenvalue weighted by Crippen LogP contribution is 2.21. The molecule has 0 spiro atoms. The van der Waals surface area contributed by atoms with Crippen molar-refractivity contribution in [2.45, 2.75) is 95.5 Å². The molecule has 3 N–H and O–H groups in total. The van der Waals surface area contributed by atoms with Crippen LogP contribution in [0.5, 0.6) is 0 Å². The molecule has 0 aromatic rings. The third kappa shape index (κ3) is 9.71. The lowest BCUT2D eigenvalue weighted by Crippen LogP contribution is -2.42. The average molecular weight is 359 g/mol. The molecular weight excluding hydrogens is 320 g/mol. The van der Waals surface area contributed by atoms with Gasteiger partial charge in [-0.05, 0) is 32.1 Å². The number of ether oxygens (including phenoxy) is 2. The zero-order chi connectivity index (χ0) is 18.3. The first-order valence-electron chi connectivity index (χ1n) is 10.1. The van der Waals surface area contributed by atoms with E-state index in [2.05, 4.69) is 19.1 Å². The first-order chi connectivity index (χ1) is 12.2. The molecule has 0 aromatic heterocycles. The first kappa shape index (κ1) is 22.6. The van der Waals surface area contributed by atoms with Gasteiger partial charge in [-0.15, -0.1) is 0 Å². The van der Waals surface area contributed by atoms with Crippen molar-refractivity contribution in [1.29, 1.82) is 0 Å². The van der Waals surface area contributed by atoms with Crippen molar-refractivity contribution < 1.29 is 24.8 Å². The molecule has 25 heavy (non-hydrogen) atoms. The lowest BCUT2D eigenvalue weighted by atomic mass is 10.1. The maximum atomic E-state index is 9.84. The van der Waals surface area contributed by atoms with Gasteiger partial charge in [0.15, 0.2) is 0 Å². The van der Waals surface area contributed by atoms with Crippen molar-refractivity contribution in [2.24, 2.45) is 0 Å². The Hall–Kier alpha value is -0.460. The van der Waals surface area contributed by atoms with Crippen molar-refractivity contribution in [3.8, 4) is 0 Å². The van der Waals surface area contributed by atoms with E-state index in [4.69, 9.17) is 14.6 Å². The molecule has 0 saturated carbocycles. The summed E-state index contributed by atoms with van der Waals surface area (Å²) in [6.07, 6.45) is 13.8. The Labute approximate surface area is 153 Å². The summed E-state index contributed by atoms with van der Waals surface area (Å²) in [5.41, 5.74) is 0. The number of hydrogen-bond donors (Lipinski definition) is 3. The van der Waals surface area contributed by atoms with E-state index < -0.39 is 24.4 Å². The molecule has 1 saturated heterocycles. The molecule has 1 aliphatic heterocycles. The number of unbranched alkanes of at least 4 members (excludes halogenated alkanes) is 8. The van der Waals surface area contributed by atoms with Crippen LogP contribution in [0.1, 0.15) is 71.1 Å². The Bertz CT molecular complexity index is 334. The number of hydrogen-bond acceptors (Lipinski definition) is 5. The standard InChI is InChI=1S/C20H38O5/c1-2-3-4-5-6-7-8-9-10-11-12-13-14-24-20-18(23)16-25-19(20)17(22)15-21/h8-9,17-23H,2-7,10-16H2,1H3/b9-8+/t17-,18+,19-,20-/m0/s1. The summed E-state index contributed by atoms with van der Waals surface area (Å²) in [5, 5.41) is 28.5. The fraction of sp³-hybridized carbons (Fsp3) is 0.900. The van der Waals surface area contributed by atoms with E-state index in [1.807, 2.05) is 0 Å². The van der Waals surface area contributed by atoms with Crippen molar-refractivity contribution >= 4 is 0 Å². The average Bonchev–Trinajstić information content (AvgIpc) is 2.99. The van der Waals surface area contributed by atoms with Crippen LogP contribution >= 0.6 is 0 Å². The van der Waals surface area contributed by atoms with Gasteiger partial charge in [0.05, 0.1) is 13.2 Å². The summed E-state index contributed by atoms with van der Waals surface area (Å²) < 4.78 is 11.0. The second kappa shape index (κ2) is 14.7. The minimum Gasteiger partial charge on any atom is -0.394 e. The molecule has 5 heteroatoms. The van der Waals surface area contributed by atoms with E-state index in [9.17, 15) is 10.2 Å². The van der Waals surface area contributed by atoms with E-state index in [-0.39, 0.29) is 13.2 Å². The smallest absolute Gasteiger partial charge is 0.114 e. The molecule has 148 valence electrons. The highest BCUT2D eigenvalue weighted by atomic mass is 16.6. The van der Waals surface area contributed by atoms with E-state index in [0.29, 0.717) is 6.61 Å². The van der Waals surface area contributed by atoms with Crippen LogP contribution in [-0.4, -0.2) is 59.6 Å². The minimum absolute atomic E-state index is 0.148. The molecule has 1 heterocycles. The third-order valence-corrected chi connectivity index (χ3v) is 4.70. The van der Waals surface area contributed by atoms with Gasteiger partial charge < -0.3 is 24.8 Å². The highest BCUT2D eigenvalue weighted by molar-refractivity contribution is 4.89. The molecule has 0 bridgehead atoms. The summed E-state index contributed by atoms with van der Waals surface area (Å²) in [6, 6.07) is 0. The summed E-state index contributed by atoms with van der Waals surface area (Å²) in [5.74, 6) is 0. The molecule has 1 fully saturated rings. The molecule has 0 aliphatic carbocycles. The highest BCUT2D eigenvalue weighted by Gasteiger charge is 2.40. The monoisotopic (exact) mass is 358 g/mol. The second-order valence-corrected chi connectivity index (χ2v) is 6.97. The van der Waals surface area contributed by atoms with Gasteiger partial charge in [0.25, 0.3) is 0 Å². The van der Waals surface area contributed by atoms with Gasteiger partial charge in [-0.25, -0.2) is 0 Å². The van der Waals surface area contributed by atoms with Gasteiger partial charge in [-0.3, -0.25) is 0 Å². The van der Waals surface area contributed by atoms with E-state index in [1.54, 1.807) is 0 Å². The molecule has 0 aromatic carbocycles. The summed E-state index contributed by atoms with van der Waals surface area (Å²) in [4.78, 5) is 0. The number of rotatable bonds is 15. The van der Waals surface area contributed by atoms with Gasteiger partial charge in [0, 0.05) is 6.61 Å². The van der Waals surface area contributed by atoms with E-state index in [1.165, 1.54) is 38.5 Å². The Kier molecular flexibility index (Phi) is 13.3. The maximum absolute atomic E-state index is 9.84. The predicted octanol–water partition coefficient (Wildman–Crippen LogP) is 2.96. The topological polar surface area (TPSA) is 79.2 Å². The molecule has 1 aliphatic rings. The van der Waals surface area contributed by atoms with Gasteiger partial charge in [0.2, 0.25) is 0 Å². The van der Waals surface area contributed by atoms with Crippen molar-refractivity contribution in [3.63, 3.8) is 0 Å². The lowest BCUT2D eigenvalue weighted by Gasteiger charge is -2.23. The van der Waals surface area contributed by atoms with Gasteiger partial charge in [-0.1, -0.05) is 51.2 Å². The van der Waals surface area contributed by atoms with Crippen LogP contribution in [-0.2, 0) is 9.47 Å². The minimum atomic E-state index is -1.01. The van der Waals surface area contributed by atoms with Gasteiger partial charge in [0.1, 0.15) is 24.4 Å². The Balaban J connectivity index is 1.97. The van der Waals surface area contributed by atoms with Crippen LogP contribution in [0.2, 0.25) is 0 Å². The number of allylic oxidation sites excluding steroid dienone is 2. The predicted molar refractivity (Wildman–Crippen MR) is 99.6 cm³/mol. The molecular formula is C20H38O5.